The second kappa shape index (κ2) is 10.5. The number of hydrogen-bond acceptors (Lipinski definition) is 6. The summed E-state index contributed by atoms with van der Waals surface area (Å²) in [4.78, 5) is 17.6. The lowest BCUT2D eigenvalue weighted by Gasteiger charge is -2.33. The van der Waals surface area contributed by atoms with Crippen molar-refractivity contribution in [2.75, 3.05) is 16.3 Å². The summed E-state index contributed by atoms with van der Waals surface area (Å²) in [5, 5.41) is 12.5. The molecule has 210 valence electrons. The van der Waals surface area contributed by atoms with Crippen LogP contribution in [-0.2, 0) is 24.5 Å². The molecule has 0 radical (unpaired) electrons. The fourth-order valence-electron chi connectivity index (χ4n) is 4.88. The van der Waals surface area contributed by atoms with E-state index in [1.54, 1.807) is 39.6 Å². The Kier molecular flexibility index (Phi) is 7.59. The van der Waals surface area contributed by atoms with Gasteiger partial charge in [-0.15, -0.1) is 5.10 Å². The molecular weight excluding hydrogens is 516 g/mol. The van der Waals surface area contributed by atoms with Gasteiger partial charge in [0.2, 0.25) is 0 Å². The third-order valence-corrected chi connectivity index (χ3v) is 6.39. The van der Waals surface area contributed by atoms with Gasteiger partial charge in [0.15, 0.2) is 0 Å². The molecule has 0 N–H and O–H groups in total. The molecule has 0 fully saturated rings. The highest BCUT2D eigenvalue weighted by molar-refractivity contribution is 5.90. The first-order valence-corrected chi connectivity index (χ1v) is 12.6. The van der Waals surface area contributed by atoms with Crippen molar-refractivity contribution in [1.82, 2.24) is 20.2 Å². The lowest BCUT2D eigenvalue weighted by atomic mass is 9.94. The number of rotatable bonds is 4. The van der Waals surface area contributed by atoms with Crippen molar-refractivity contribution in [2.45, 2.75) is 71.8 Å². The molecule has 12 heteroatoms. The highest BCUT2D eigenvalue weighted by Crippen LogP contribution is 2.43. The Balaban J connectivity index is 1.89. The number of hydrogen-bond donors (Lipinski definition) is 0. The highest BCUT2D eigenvalue weighted by atomic mass is 19.4. The van der Waals surface area contributed by atoms with Gasteiger partial charge in [-0.25, -0.2) is 9.18 Å². The van der Waals surface area contributed by atoms with Crippen LogP contribution in [0.4, 0.5) is 34.0 Å². The Morgan fingerprint density at radius 1 is 1.13 bits per heavy atom. The van der Waals surface area contributed by atoms with Crippen LogP contribution in [0.3, 0.4) is 0 Å². The van der Waals surface area contributed by atoms with Crippen LogP contribution in [0.15, 0.2) is 30.3 Å². The molecule has 39 heavy (non-hydrogen) atoms. The second-order valence-corrected chi connectivity index (χ2v) is 10.9. The maximum absolute atomic E-state index is 14.3. The summed E-state index contributed by atoms with van der Waals surface area (Å²) < 4.78 is 61.8. The van der Waals surface area contributed by atoms with Gasteiger partial charge in [-0.05, 0) is 93.1 Å². The Morgan fingerprint density at radius 2 is 1.85 bits per heavy atom. The van der Waals surface area contributed by atoms with Crippen LogP contribution in [0.2, 0.25) is 0 Å². The molecule has 0 bridgehead atoms. The zero-order valence-corrected chi connectivity index (χ0v) is 22.8. The number of amides is 1. The molecule has 3 aromatic rings. The van der Waals surface area contributed by atoms with E-state index in [1.165, 1.54) is 34.8 Å². The first kappa shape index (κ1) is 28.3. The quantitative estimate of drug-likeness (QED) is 0.358. The average Bonchev–Trinajstić information content (AvgIpc) is 3.12. The number of aromatic nitrogens is 4. The predicted octanol–water partition coefficient (Wildman–Crippen LogP) is 6.27. The predicted molar refractivity (Wildman–Crippen MR) is 138 cm³/mol. The summed E-state index contributed by atoms with van der Waals surface area (Å²) >= 11 is 0. The van der Waals surface area contributed by atoms with Crippen molar-refractivity contribution >= 4 is 17.7 Å². The van der Waals surface area contributed by atoms with E-state index in [-0.39, 0.29) is 30.3 Å². The SMILES string of the molecule is Cc1cc(F)cc(CN(c2nnn(C)n2)[C@H]2CCCN(C(=O)OC(C)(C)C)c3cc(C(F)(F)F)c(C)cc32)c1. The number of halogens is 4. The molecular formula is C27H32F4N6O2. The van der Waals surface area contributed by atoms with Crippen molar-refractivity contribution < 1.29 is 27.1 Å². The van der Waals surface area contributed by atoms with Gasteiger partial charge in [-0.3, -0.25) is 4.90 Å². The van der Waals surface area contributed by atoms with E-state index in [1.807, 2.05) is 6.07 Å². The van der Waals surface area contributed by atoms with Crippen LogP contribution in [0.5, 0.6) is 0 Å². The van der Waals surface area contributed by atoms with Crippen LogP contribution in [0.1, 0.15) is 67.5 Å². The van der Waals surface area contributed by atoms with Gasteiger partial charge in [-0.1, -0.05) is 17.2 Å². The molecule has 1 atom stereocenters. The summed E-state index contributed by atoms with van der Waals surface area (Å²) in [7, 11) is 1.60. The Bertz CT molecular complexity index is 1350. The second-order valence-electron chi connectivity index (χ2n) is 10.9. The molecule has 0 saturated carbocycles. The number of alkyl halides is 3. The molecule has 1 aromatic heterocycles. The molecule has 0 aliphatic carbocycles. The molecule has 1 amide bonds. The maximum Gasteiger partial charge on any atom is 0.416 e. The van der Waals surface area contributed by atoms with Crippen molar-refractivity contribution in [3.63, 3.8) is 0 Å². The number of carbonyl (C=O) groups is 1. The first-order chi connectivity index (χ1) is 18.1. The number of carbonyl (C=O) groups excluding carboxylic acids is 1. The number of ether oxygens (including phenoxy) is 1. The maximum atomic E-state index is 14.3. The van der Waals surface area contributed by atoms with Crippen LogP contribution in [0, 0.1) is 19.7 Å². The fraction of sp³-hybridized carbons (Fsp3) is 0.481. The number of fused-ring (bicyclic) bond motifs is 1. The zero-order valence-electron chi connectivity index (χ0n) is 22.8. The zero-order chi connectivity index (χ0) is 28.7. The molecule has 2 heterocycles. The first-order valence-electron chi connectivity index (χ1n) is 12.6. The van der Waals surface area contributed by atoms with Gasteiger partial charge in [0.1, 0.15) is 11.4 Å². The van der Waals surface area contributed by atoms with E-state index >= 15 is 0 Å². The van der Waals surface area contributed by atoms with Crippen molar-refractivity contribution in [3.05, 3.63) is 64.0 Å². The normalized spacial score (nSPS) is 16.1. The largest absolute Gasteiger partial charge is 0.443 e. The highest BCUT2D eigenvalue weighted by Gasteiger charge is 2.38. The third kappa shape index (κ3) is 6.48. The van der Waals surface area contributed by atoms with E-state index in [9.17, 15) is 22.4 Å². The van der Waals surface area contributed by atoms with Crippen LogP contribution < -0.4 is 9.80 Å². The Labute approximate surface area is 224 Å². The van der Waals surface area contributed by atoms with Crippen molar-refractivity contribution in [1.29, 1.82) is 0 Å². The van der Waals surface area contributed by atoms with E-state index in [4.69, 9.17) is 4.74 Å². The van der Waals surface area contributed by atoms with Gasteiger partial charge in [0.05, 0.1) is 24.3 Å². The summed E-state index contributed by atoms with van der Waals surface area (Å²) in [5.74, 6) is -0.168. The Hall–Kier alpha value is -3.70. The molecule has 2 aromatic carbocycles. The number of benzene rings is 2. The number of nitrogens with zero attached hydrogens (tertiary/aromatic N) is 6. The summed E-state index contributed by atoms with van der Waals surface area (Å²) in [6.07, 6.45) is -4.43. The smallest absolute Gasteiger partial charge is 0.416 e. The Morgan fingerprint density at radius 3 is 2.44 bits per heavy atom. The fourth-order valence-corrected chi connectivity index (χ4v) is 4.88. The van der Waals surface area contributed by atoms with Gasteiger partial charge >= 0.3 is 12.3 Å². The molecule has 0 unspecified atom stereocenters. The molecule has 8 nitrogen and oxygen atoms in total. The van der Waals surface area contributed by atoms with Gasteiger partial charge in [-0.2, -0.15) is 18.0 Å². The van der Waals surface area contributed by atoms with E-state index < -0.39 is 35.3 Å². The summed E-state index contributed by atoms with van der Waals surface area (Å²) in [6, 6.07) is 6.58. The van der Waals surface area contributed by atoms with Gasteiger partial charge in [0.25, 0.3) is 5.95 Å². The molecule has 1 aliphatic heterocycles. The number of anilines is 2. The minimum atomic E-state index is -4.62. The van der Waals surface area contributed by atoms with E-state index in [2.05, 4.69) is 15.4 Å². The van der Waals surface area contributed by atoms with E-state index in [0.29, 0.717) is 24.0 Å². The summed E-state index contributed by atoms with van der Waals surface area (Å²) in [5.41, 5.74) is 0.300. The lowest BCUT2D eigenvalue weighted by molar-refractivity contribution is -0.138. The molecule has 0 spiro atoms. The topological polar surface area (TPSA) is 76.4 Å². The molecule has 0 saturated heterocycles. The van der Waals surface area contributed by atoms with Crippen LogP contribution in [0.25, 0.3) is 0 Å². The van der Waals surface area contributed by atoms with Gasteiger partial charge < -0.3 is 9.64 Å². The van der Waals surface area contributed by atoms with Crippen molar-refractivity contribution in [3.8, 4) is 0 Å². The average molecular weight is 549 g/mol. The number of tetrazole rings is 1. The minimum Gasteiger partial charge on any atom is -0.443 e. The van der Waals surface area contributed by atoms with Gasteiger partial charge in [0, 0.05) is 13.1 Å². The van der Waals surface area contributed by atoms with Crippen LogP contribution >= 0.6 is 0 Å². The number of aryl methyl sites for hydroxylation is 3. The molecule has 4 rings (SSSR count). The standard InChI is InChI=1S/C27H32F4N6O2/c1-16-10-18(13-19(28)11-16)15-37(24-32-34-35(6)33-24)22-8-7-9-36(25(38)39-26(3,4)5)23-14-21(27(29,30)31)17(2)12-20(22)23/h10-14,22H,7-9,15H2,1-6H3/t22-/m0/s1. The molecule has 1 aliphatic rings. The summed E-state index contributed by atoms with van der Waals surface area (Å²) in [6.45, 7) is 8.59. The monoisotopic (exact) mass is 548 g/mol. The van der Waals surface area contributed by atoms with Crippen LogP contribution in [-0.4, -0.2) is 38.4 Å². The van der Waals surface area contributed by atoms with E-state index in [0.717, 1.165) is 11.6 Å². The minimum absolute atomic E-state index is 0.0194. The lowest BCUT2D eigenvalue weighted by Crippen LogP contribution is -2.37. The third-order valence-electron chi connectivity index (χ3n) is 6.39. The van der Waals surface area contributed by atoms with Crippen molar-refractivity contribution in [2.24, 2.45) is 7.05 Å².